The molecule has 3 nitrogen and oxygen atoms in total. The molecule has 0 N–H and O–H groups in total. The number of hydrogen-bond acceptors (Lipinski definition) is 2. The minimum atomic E-state index is -5.25. The maximum Gasteiger partial charge on any atom is 0.418 e. The van der Waals surface area contributed by atoms with Crippen LogP contribution in [0, 0.1) is 0 Å². The first-order valence-corrected chi connectivity index (χ1v) is 5.31. The number of nitrogens with zero attached hydrogens (tertiary/aromatic N) is 1. The van der Waals surface area contributed by atoms with E-state index in [-0.39, 0.29) is 13.1 Å². The summed E-state index contributed by atoms with van der Waals surface area (Å²) < 4.78 is 70.9. The van der Waals surface area contributed by atoms with Crippen molar-refractivity contribution in [3.8, 4) is 0 Å². The zero-order valence-electron chi connectivity index (χ0n) is 7.68. The third kappa shape index (κ3) is 2.17. The number of alkyl halides is 4. The highest BCUT2D eigenvalue weighted by Crippen LogP contribution is 2.31. The van der Waals surface area contributed by atoms with E-state index in [0.29, 0.717) is 4.31 Å². The van der Waals surface area contributed by atoms with Crippen molar-refractivity contribution in [1.82, 2.24) is 4.31 Å². The van der Waals surface area contributed by atoms with E-state index in [9.17, 15) is 26.0 Å². The molecule has 0 rings (SSSR count). The third-order valence-electron chi connectivity index (χ3n) is 1.64. The molecule has 0 radical (unpaired) electrons. The van der Waals surface area contributed by atoms with Gasteiger partial charge in [0.05, 0.1) is 0 Å². The van der Waals surface area contributed by atoms with Gasteiger partial charge in [-0.15, -0.1) is 0 Å². The van der Waals surface area contributed by atoms with Gasteiger partial charge in [-0.1, -0.05) is 13.8 Å². The fraction of sp³-hybridized carbons (Fsp3) is 1.00. The Morgan fingerprint density at radius 2 is 1.57 bits per heavy atom. The fourth-order valence-electron chi connectivity index (χ4n) is 0.848. The molecule has 0 unspecified atom stereocenters. The molecular formula is C6H11F4NO2S. The first-order chi connectivity index (χ1) is 6.21. The number of rotatable bonds is 5. The smallest absolute Gasteiger partial charge is 0.206 e. The van der Waals surface area contributed by atoms with Gasteiger partial charge in [-0.3, -0.25) is 0 Å². The van der Waals surface area contributed by atoms with E-state index in [1.54, 1.807) is 0 Å². The van der Waals surface area contributed by atoms with Crippen LogP contribution in [0.2, 0.25) is 0 Å². The molecule has 0 atom stereocenters. The Balaban J connectivity index is 5.14. The fourth-order valence-corrected chi connectivity index (χ4v) is 2.10. The van der Waals surface area contributed by atoms with Crippen LogP contribution in [0.15, 0.2) is 0 Å². The molecule has 0 aliphatic carbocycles. The van der Waals surface area contributed by atoms with Crippen LogP contribution < -0.4 is 0 Å². The van der Waals surface area contributed by atoms with E-state index < -0.39 is 21.7 Å². The zero-order valence-corrected chi connectivity index (χ0v) is 8.49. The third-order valence-corrected chi connectivity index (χ3v) is 3.71. The molecule has 0 amide bonds. The van der Waals surface area contributed by atoms with E-state index in [0.717, 1.165) is 0 Å². The van der Waals surface area contributed by atoms with E-state index >= 15 is 0 Å². The highest BCUT2D eigenvalue weighted by Gasteiger charge is 2.56. The second-order valence-corrected chi connectivity index (χ2v) is 4.46. The summed E-state index contributed by atoms with van der Waals surface area (Å²) in [5.41, 5.74) is 0. The summed E-state index contributed by atoms with van der Waals surface area (Å²) in [6, 6.07) is 0. The average Bonchev–Trinajstić information content (AvgIpc) is 2.05. The second-order valence-electron chi connectivity index (χ2n) is 2.45. The van der Waals surface area contributed by atoms with Gasteiger partial charge in [0.25, 0.3) is 10.0 Å². The molecule has 0 aromatic rings. The summed E-state index contributed by atoms with van der Waals surface area (Å²) >= 11 is 0. The van der Waals surface area contributed by atoms with Crippen molar-refractivity contribution >= 4 is 10.0 Å². The van der Waals surface area contributed by atoms with Crippen LogP contribution in [0.1, 0.15) is 13.8 Å². The Hall–Kier alpha value is -0.370. The lowest BCUT2D eigenvalue weighted by Crippen LogP contribution is -2.47. The lowest BCUT2D eigenvalue weighted by atomic mass is 10.7. The normalized spacial score (nSPS) is 14.0. The molecular weight excluding hydrogens is 226 g/mol. The first kappa shape index (κ1) is 13.6. The molecule has 8 heteroatoms. The van der Waals surface area contributed by atoms with Gasteiger partial charge in [-0.2, -0.15) is 13.1 Å². The monoisotopic (exact) mass is 237 g/mol. The van der Waals surface area contributed by atoms with Crippen molar-refractivity contribution in [2.75, 3.05) is 13.1 Å². The maximum atomic E-state index is 12.6. The largest absolute Gasteiger partial charge is 0.418 e. The van der Waals surface area contributed by atoms with Crippen LogP contribution in [0.3, 0.4) is 0 Å². The Morgan fingerprint density at radius 1 is 1.21 bits per heavy atom. The highest BCUT2D eigenvalue weighted by molar-refractivity contribution is 7.90. The minimum Gasteiger partial charge on any atom is -0.206 e. The predicted molar refractivity (Wildman–Crippen MR) is 42.8 cm³/mol. The molecule has 0 heterocycles. The topological polar surface area (TPSA) is 37.4 Å². The molecule has 86 valence electrons. The molecule has 0 aromatic carbocycles. The molecule has 0 aliphatic rings. The Labute approximate surface area is 79.7 Å². The quantitative estimate of drug-likeness (QED) is 0.680. The number of hydrogen-bond donors (Lipinski definition) is 0. The van der Waals surface area contributed by atoms with Gasteiger partial charge < -0.3 is 0 Å². The zero-order chi connectivity index (χ0) is 11.6. The molecule has 0 aromatic heterocycles. The number of halogens is 4. The summed E-state index contributed by atoms with van der Waals surface area (Å²) in [7, 11) is -5.25. The Bertz CT molecular complexity index is 274. The van der Waals surface area contributed by atoms with Crippen LogP contribution in [0.25, 0.3) is 0 Å². The van der Waals surface area contributed by atoms with Crippen molar-refractivity contribution in [3.05, 3.63) is 0 Å². The number of sulfonamides is 1. The Kier molecular flexibility index (Phi) is 4.32. The molecule has 0 aliphatic heterocycles. The highest BCUT2D eigenvalue weighted by atomic mass is 32.2. The van der Waals surface area contributed by atoms with Crippen LogP contribution in [0.4, 0.5) is 17.6 Å². The summed E-state index contributed by atoms with van der Waals surface area (Å²) in [5.74, 6) is 0. The van der Waals surface area contributed by atoms with Crippen LogP contribution in [0.5, 0.6) is 0 Å². The van der Waals surface area contributed by atoms with Crippen molar-refractivity contribution < 1.29 is 26.0 Å². The van der Waals surface area contributed by atoms with Gasteiger partial charge in [0.1, 0.15) is 0 Å². The van der Waals surface area contributed by atoms with Gasteiger partial charge in [-0.05, 0) is 0 Å². The van der Waals surface area contributed by atoms with Crippen molar-refractivity contribution in [3.63, 3.8) is 0 Å². The molecule has 14 heavy (non-hydrogen) atoms. The SMILES string of the molecule is CCN(CC)S(=O)(=O)C(F)(F)C(F)F. The van der Waals surface area contributed by atoms with Gasteiger partial charge in [0, 0.05) is 13.1 Å². The van der Waals surface area contributed by atoms with Crippen LogP contribution >= 0.6 is 0 Å². The predicted octanol–water partition coefficient (Wildman–Crippen LogP) is 1.52. The van der Waals surface area contributed by atoms with Crippen molar-refractivity contribution in [1.29, 1.82) is 0 Å². The van der Waals surface area contributed by atoms with E-state index in [2.05, 4.69) is 0 Å². The summed E-state index contributed by atoms with van der Waals surface area (Å²) in [6.45, 7) is 2.06. The lowest BCUT2D eigenvalue weighted by Gasteiger charge is -2.24. The molecule has 0 bridgehead atoms. The molecule has 0 fully saturated rings. The van der Waals surface area contributed by atoms with Crippen molar-refractivity contribution in [2.45, 2.75) is 25.5 Å². The summed E-state index contributed by atoms with van der Waals surface area (Å²) in [4.78, 5) is 0. The lowest BCUT2D eigenvalue weighted by molar-refractivity contribution is -0.0671. The van der Waals surface area contributed by atoms with Crippen LogP contribution in [-0.2, 0) is 10.0 Å². The summed E-state index contributed by atoms with van der Waals surface area (Å²) in [5, 5.41) is -5.01. The molecule has 0 saturated carbocycles. The summed E-state index contributed by atoms with van der Waals surface area (Å²) in [6.07, 6.45) is -4.21. The first-order valence-electron chi connectivity index (χ1n) is 3.87. The van der Waals surface area contributed by atoms with Gasteiger partial charge in [0.15, 0.2) is 0 Å². The van der Waals surface area contributed by atoms with Gasteiger partial charge >= 0.3 is 11.7 Å². The van der Waals surface area contributed by atoms with E-state index in [4.69, 9.17) is 0 Å². The van der Waals surface area contributed by atoms with E-state index in [1.165, 1.54) is 13.8 Å². The van der Waals surface area contributed by atoms with Gasteiger partial charge in [-0.25, -0.2) is 17.2 Å². The molecule has 0 saturated heterocycles. The Morgan fingerprint density at radius 3 is 1.79 bits per heavy atom. The van der Waals surface area contributed by atoms with Crippen molar-refractivity contribution in [2.24, 2.45) is 0 Å². The minimum absolute atomic E-state index is 0.263. The van der Waals surface area contributed by atoms with Crippen LogP contribution in [-0.4, -0.2) is 37.5 Å². The van der Waals surface area contributed by atoms with Gasteiger partial charge in [0.2, 0.25) is 0 Å². The average molecular weight is 237 g/mol. The standard InChI is InChI=1S/C6H11F4NO2S/c1-3-11(4-2)14(12,13)6(9,10)5(7)8/h5H,3-4H2,1-2H3. The van der Waals surface area contributed by atoms with E-state index in [1.807, 2.05) is 0 Å². The molecule has 0 spiro atoms. The maximum absolute atomic E-state index is 12.6. The second kappa shape index (κ2) is 4.43.